The summed E-state index contributed by atoms with van der Waals surface area (Å²) in [6, 6.07) is 16.1. The lowest BCUT2D eigenvalue weighted by molar-refractivity contribution is -0.122. The minimum Gasteiger partial charge on any atom is -0.497 e. The highest BCUT2D eigenvalue weighted by atomic mass is 35.5. The summed E-state index contributed by atoms with van der Waals surface area (Å²) in [5.74, 6) is -2.07. The highest BCUT2D eigenvalue weighted by Crippen LogP contribution is 2.54. The molecule has 2 N–H and O–H groups in total. The molecule has 1 aromatic heterocycles. The Hall–Kier alpha value is -3.48. The number of rotatable bonds is 7. The van der Waals surface area contributed by atoms with Crippen LogP contribution in [0.25, 0.3) is 0 Å². The zero-order chi connectivity index (χ0) is 30.4. The Labute approximate surface area is 268 Å². The van der Waals surface area contributed by atoms with E-state index in [4.69, 9.17) is 44.3 Å². The van der Waals surface area contributed by atoms with Gasteiger partial charge in [0, 0.05) is 27.1 Å². The summed E-state index contributed by atoms with van der Waals surface area (Å²) < 4.78 is 11.2. The predicted molar refractivity (Wildman–Crippen MR) is 167 cm³/mol. The molecular formula is C29H20Cl3N3O6S2. The lowest BCUT2D eigenvalue weighted by Crippen LogP contribution is -2.32. The first-order chi connectivity index (χ1) is 20.6. The van der Waals surface area contributed by atoms with E-state index < -0.39 is 34.8 Å². The standard InChI is InChI=1S/C29H20Cl3N3O6S2/c1-40-16-6-4-15(5-7-16)35-27(37)23-22(24-26(34-29(39)43-24)42-25(23)28(35)38)17-10-13(30)2-9-20(17)41-12-21(36)33-14-3-8-18(31)19(32)11-14/h2-11,22-23,25H,12H2,1H3,(H,33,36)(H,34,39). The van der Waals surface area contributed by atoms with Crippen molar-refractivity contribution in [3.8, 4) is 11.5 Å². The third-order valence-corrected chi connectivity index (χ3v) is 10.4. The normalized spacial score (nSPS) is 19.2. The van der Waals surface area contributed by atoms with Gasteiger partial charge < -0.3 is 19.8 Å². The van der Waals surface area contributed by atoms with Gasteiger partial charge in [-0.3, -0.25) is 19.2 Å². The number of hydrogen-bond acceptors (Lipinski definition) is 8. The molecule has 1 fully saturated rings. The molecule has 1 saturated heterocycles. The Morgan fingerprint density at radius 2 is 1.74 bits per heavy atom. The lowest BCUT2D eigenvalue weighted by atomic mass is 9.82. The molecule has 3 aromatic carbocycles. The van der Waals surface area contributed by atoms with Crippen LogP contribution in [0.1, 0.15) is 16.4 Å². The summed E-state index contributed by atoms with van der Waals surface area (Å²) in [4.78, 5) is 57.2. The first-order valence-corrected chi connectivity index (χ1v) is 15.6. The Bertz CT molecular complexity index is 1830. The summed E-state index contributed by atoms with van der Waals surface area (Å²) in [6.45, 7) is -0.383. The number of nitrogens with one attached hydrogen (secondary N) is 2. The van der Waals surface area contributed by atoms with Gasteiger partial charge in [-0.15, -0.1) is 0 Å². The second-order valence-corrected chi connectivity index (χ2v) is 13.0. The number of aromatic nitrogens is 1. The summed E-state index contributed by atoms with van der Waals surface area (Å²) in [6.07, 6.45) is 0. The molecule has 3 unspecified atom stereocenters. The summed E-state index contributed by atoms with van der Waals surface area (Å²) in [7, 11) is 1.53. The van der Waals surface area contributed by atoms with E-state index in [0.717, 1.165) is 23.1 Å². The number of halogens is 3. The molecule has 4 aromatic rings. The van der Waals surface area contributed by atoms with E-state index in [1.165, 1.54) is 18.1 Å². The molecule has 0 radical (unpaired) electrons. The van der Waals surface area contributed by atoms with Crippen LogP contribution in [0.5, 0.6) is 11.5 Å². The number of imide groups is 1. The maximum Gasteiger partial charge on any atom is 0.305 e. The summed E-state index contributed by atoms with van der Waals surface area (Å²) in [5.41, 5.74) is 1.31. The quantitative estimate of drug-likeness (QED) is 0.223. The average molecular weight is 677 g/mol. The van der Waals surface area contributed by atoms with Crippen molar-refractivity contribution < 1.29 is 23.9 Å². The van der Waals surface area contributed by atoms with Gasteiger partial charge in [-0.2, -0.15) is 0 Å². The number of carbonyl (C=O) groups excluding carboxylic acids is 3. The molecule has 0 bridgehead atoms. The Kier molecular flexibility index (Phi) is 8.18. The van der Waals surface area contributed by atoms with Crippen molar-refractivity contribution in [1.29, 1.82) is 0 Å². The Morgan fingerprint density at radius 1 is 0.977 bits per heavy atom. The van der Waals surface area contributed by atoms with Gasteiger partial charge in [0.25, 0.3) is 5.91 Å². The van der Waals surface area contributed by atoms with Crippen molar-refractivity contribution in [2.45, 2.75) is 16.2 Å². The number of thiazole rings is 1. The smallest absolute Gasteiger partial charge is 0.305 e. The average Bonchev–Trinajstić information content (AvgIpc) is 3.48. The van der Waals surface area contributed by atoms with Crippen LogP contribution in [0.3, 0.4) is 0 Å². The molecule has 9 nitrogen and oxygen atoms in total. The van der Waals surface area contributed by atoms with E-state index in [1.54, 1.807) is 54.6 Å². The fraction of sp³-hybridized carbons (Fsp3) is 0.172. The molecule has 6 rings (SSSR count). The van der Waals surface area contributed by atoms with Crippen LogP contribution in [0.15, 0.2) is 70.5 Å². The van der Waals surface area contributed by atoms with E-state index in [2.05, 4.69) is 10.3 Å². The second-order valence-electron chi connectivity index (χ2n) is 9.61. The SMILES string of the molecule is COc1ccc(N2C(=O)C3Sc4[nH]c(=O)sc4C(c4cc(Cl)ccc4OCC(=O)Nc4ccc(Cl)c(Cl)c4)C3C2=O)cc1. The van der Waals surface area contributed by atoms with Crippen LogP contribution in [-0.2, 0) is 14.4 Å². The lowest BCUT2D eigenvalue weighted by Gasteiger charge is -2.31. The number of ether oxygens (including phenoxy) is 2. The van der Waals surface area contributed by atoms with Crippen LogP contribution in [0, 0.1) is 5.92 Å². The number of aromatic amines is 1. The number of hydrogen-bond donors (Lipinski definition) is 2. The monoisotopic (exact) mass is 675 g/mol. The van der Waals surface area contributed by atoms with Crippen LogP contribution < -0.4 is 24.6 Å². The van der Waals surface area contributed by atoms with Gasteiger partial charge in [0.2, 0.25) is 11.8 Å². The van der Waals surface area contributed by atoms with Crippen molar-refractivity contribution in [2.75, 3.05) is 23.9 Å². The third-order valence-electron chi connectivity index (χ3n) is 7.02. The number of nitrogens with zero attached hydrogens (tertiary/aromatic N) is 1. The van der Waals surface area contributed by atoms with Crippen molar-refractivity contribution in [1.82, 2.24) is 4.98 Å². The second kappa shape index (κ2) is 11.9. The van der Waals surface area contributed by atoms with Gasteiger partial charge in [0.1, 0.15) is 16.7 Å². The number of anilines is 2. The van der Waals surface area contributed by atoms with Gasteiger partial charge in [-0.05, 0) is 60.7 Å². The number of amides is 3. The van der Waals surface area contributed by atoms with Gasteiger partial charge in [0.05, 0.1) is 33.8 Å². The number of fused-ring (bicyclic) bond motifs is 2. The number of methoxy groups -OCH3 is 1. The van der Waals surface area contributed by atoms with E-state index in [1.807, 2.05) is 0 Å². The van der Waals surface area contributed by atoms with E-state index >= 15 is 0 Å². The van der Waals surface area contributed by atoms with Crippen molar-refractivity contribution in [3.63, 3.8) is 0 Å². The van der Waals surface area contributed by atoms with Gasteiger partial charge in [-0.1, -0.05) is 57.9 Å². The first-order valence-electron chi connectivity index (χ1n) is 12.7. The molecular weight excluding hydrogens is 657 g/mol. The predicted octanol–water partition coefficient (Wildman–Crippen LogP) is 6.22. The molecule has 2 aliphatic heterocycles. The topological polar surface area (TPSA) is 118 Å². The molecule has 2 aliphatic rings. The fourth-order valence-corrected chi connectivity index (χ4v) is 8.13. The van der Waals surface area contributed by atoms with Crippen LogP contribution >= 0.6 is 57.9 Å². The van der Waals surface area contributed by atoms with Gasteiger partial charge in [-0.25, -0.2) is 4.90 Å². The first kappa shape index (κ1) is 29.6. The third kappa shape index (κ3) is 5.63. The van der Waals surface area contributed by atoms with Crippen LogP contribution in [-0.4, -0.2) is 41.7 Å². The molecule has 0 saturated carbocycles. The molecule has 3 amide bonds. The number of H-pyrrole nitrogens is 1. The highest BCUT2D eigenvalue weighted by molar-refractivity contribution is 8.00. The number of benzene rings is 3. The largest absolute Gasteiger partial charge is 0.497 e. The molecule has 43 heavy (non-hydrogen) atoms. The highest BCUT2D eigenvalue weighted by Gasteiger charge is 2.56. The summed E-state index contributed by atoms with van der Waals surface area (Å²) in [5, 5.41) is 3.37. The molecule has 3 atom stereocenters. The fourth-order valence-electron chi connectivity index (χ4n) is 5.15. The minimum atomic E-state index is -0.871. The van der Waals surface area contributed by atoms with E-state index in [0.29, 0.717) is 42.6 Å². The molecule has 0 aliphatic carbocycles. The van der Waals surface area contributed by atoms with E-state index in [9.17, 15) is 19.2 Å². The Balaban J connectivity index is 1.34. The van der Waals surface area contributed by atoms with Crippen LogP contribution in [0.4, 0.5) is 11.4 Å². The van der Waals surface area contributed by atoms with Gasteiger partial charge >= 0.3 is 4.87 Å². The van der Waals surface area contributed by atoms with Crippen molar-refractivity contribution >= 4 is 87.0 Å². The minimum absolute atomic E-state index is 0.277. The zero-order valence-electron chi connectivity index (χ0n) is 22.1. The van der Waals surface area contributed by atoms with Gasteiger partial charge in [0.15, 0.2) is 6.61 Å². The van der Waals surface area contributed by atoms with Crippen LogP contribution in [0.2, 0.25) is 15.1 Å². The summed E-state index contributed by atoms with van der Waals surface area (Å²) >= 11 is 20.5. The zero-order valence-corrected chi connectivity index (χ0v) is 26.0. The number of thioether (sulfide) groups is 1. The molecule has 3 heterocycles. The maximum atomic E-state index is 14.0. The van der Waals surface area contributed by atoms with Crippen molar-refractivity contribution in [3.05, 3.63) is 95.8 Å². The number of carbonyl (C=O) groups is 3. The molecule has 220 valence electrons. The van der Waals surface area contributed by atoms with Crippen molar-refractivity contribution in [2.24, 2.45) is 5.92 Å². The Morgan fingerprint density at radius 3 is 2.47 bits per heavy atom. The molecule has 14 heteroatoms. The maximum absolute atomic E-state index is 14.0. The van der Waals surface area contributed by atoms with E-state index in [-0.39, 0.29) is 22.3 Å². The molecule has 0 spiro atoms.